The number of hydrogen-bond donors (Lipinski definition) is 2. The highest BCUT2D eigenvalue weighted by molar-refractivity contribution is 6.31. The molecule has 2 N–H and O–H groups in total. The lowest BCUT2D eigenvalue weighted by Crippen LogP contribution is -2.51. The number of fused-ring (bicyclic) bond motifs is 2. The predicted molar refractivity (Wildman–Crippen MR) is 231 cm³/mol. The Balaban J connectivity index is 0.000000316. The minimum absolute atomic E-state index is 0.0130. The number of rotatable bonds is 8. The molecule has 2 aliphatic heterocycles. The highest BCUT2D eigenvalue weighted by Crippen LogP contribution is 2.31. The molecule has 0 bridgehead atoms. The first-order valence-corrected chi connectivity index (χ1v) is 19.9. The van der Waals surface area contributed by atoms with Gasteiger partial charge in [-0.1, -0.05) is 71.7 Å². The second-order valence-corrected chi connectivity index (χ2v) is 15.2. The number of pyridine rings is 2. The summed E-state index contributed by atoms with van der Waals surface area (Å²) in [5, 5.41) is 9.83. The molecule has 3 aromatic heterocycles. The van der Waals surface area contributed by atoms with Crippen LogP contribution in [0.3, 0.4) is 0 Å². The third kappa shape index (κ3) is 8.59. The Labute approximate surface area is 350 Å². The SMILES string of the molecule is CN1CCC1C(=O)Nc1ccc(-c2ccc(-c3ccc(NC(=O)[C@@H]4CCCN4C(=O)c4nc(Cl)cc5ccccc45)cc3)o2)cc1.O=Cc1nc(Cl)cc2ccccc12. The van der Waals surface area contributed by atoms with Crippen molar-refractivity contribution in [1.82, 2.24) is 19.8 Å². The van der Waals surface area contributed by atoms with Gasteiger partial charge in [-0.15, -0.1) is 0 Å². The fourth-order valence-corrected chi connectivity index (χ4v) is 7.82. The molecule has 0 spiro atoms. The quantitative estimate of drug-likeness (QED) is 0.114. The number of likely N-dealkylation sites (N-methyl/N-ethyl adjacent to an activating group) is 1. The van der Waals surface area contributed by atoms with Gasteiger partial charge in [0.15, 0.2) is 6.29 Å². The van der Waals surface area contributed by atoms with E-state index in [-0.39, 0.29) is 34.6 Å². The number of aromatic nitrogens is 2. The first-order chi connectivity index (χ1) is 28.6. The molecule has 7 aromatic rings. The van der Waals surface area contributed by atoms with Crippen molar-refractivity contribution >= 4 is 80.1 Å². The Morgan fingerprint density at radius 3 is 1.78 bits per heavy atom. The number of carbonyl (C=O) groups is 4. The highest BCUT2D eigenvalue weighted by atomic mass is 35.5. The molecule has 1 unspecified atom stereocenters. The topological polar surface area (TPSA) is 138 Å². The number of likely N-dealkylation sites (tertiary alicyclic amines) is 2. The van der Waals surface area contributed by atoms with Crippen molar-refractivity contribution < 1.29 is 23.6 Å². The normalized spacial score (nSPS) is 16.2. The lowest BCUT2D eigenvalue weighted by molar-refractivity contribution is -0.124. The van der Waals surface area contributed by atoms with Crippen LogP contribution >= 0.6 is 23.2 Å². The Morgan fingerprint density at radius 2 is 1.22 bits per heavy atom. The molecule has 2 atom stereocenters. The van der Waals surface area contributed by atoms with E-state index in [1.165, 1.54) is 0 Å². The van der Waals surface area contributed by atoms with Crippen molar-refractivity contribution in [1.29, 1.82) is 0 Å². The van der Waals surface area contributed by atoms with E-state index in [1.54, 1.807) is 17.0 Å². The number of benzene rings is 4. The van der Waals surface area contributed by atoms with Gasteiger partial charge in [0.05, 0.1) is 6.04 Å². The maximum Gasteiger partial charge on any atom is 0.273 e. The van der Waals surface area contributed by atoms with Crippen molar-refractivity contribution in [2.45, 2.75) is 31.3 Å². The molecule has 2 saturated heterocycles. The van der Waals surface area contributed by atoms with E-state index in [1.807, 2.05) is 121 Å². The maximum absolute atomic E-state index is 13.6. The Hall–Kier alpha value is -6.40. The third-order valence-corrected chi connectivity index (χ3v) is 11.0. The van der Waals surface area contributed by atoms with Gasteiger partial charge in [-0.3, -0.25) is 24.1 Å². The first kappa shape index (κ1) is 39.4. The van der Waals surface area contributed by atoms with Crippen molar-refractivity contribution in [2.24, 2.45) is 0 Å². The van der Waals surface area contributed by atoms with Gasteiger partial charge >= 0.3 is 0 Å². The molecule has 59 heavy (non-hydrogen) atoms. The summed E-state index contributed by atoms with van der Waals surface area (Å²) in [4.78, 5) is 61.9. The second-order valence-electron chi connectivity index (χ2n) is 14.4. The van der Waals surface area contributed by atoms with Crippen LogP contribution in [-0.4, -0.2) is 76.0 Å². The number of furan rings is 1. The van der Waals surface area contributed by atoms with Crippen LogP contribution in [0.5, 0.6) is 0 Å². The zero-order valence-electron chi connectivity index (χ0n) is 31.9. The van der Waals surface area contributed by atoms with E-state index >= 15 is 0 Å². The average Bonchev–Trinajstić information content (AvgIpc) is 3.95. The molecule has 0 radical (unpaired) electrons. The van der Waals surface area contributed by atoms with Crippen molar-refractivity contribution in [3.8, 4) is 22.6 Å². The van der Waals surface area contributed by atoms with E-state index < -0.39 is 6.04 Å². The van der Waals surface area contributed by atoms with Crippen LogP contribution in [0.2, 0.25) is 10.3 Å². The van der Waals surface area contributed by atoms with E-state index in [9.17, 15) is 19.2 Å². The number of nitrogens with zero attached hydrogens (tertiary/aromatic N) is 4. The van der Waals surface area contributed by atoms with Crippen LogP contribution in [0.15, 0.2) is 126 Å². The molecule has 4 aromatic carbocycles. The highest BCUT2D eigenvalue weighted by Gasteiger charge is 2.36. The van der Waals surface area contributed by atoms with Gasteiger partial charge < -0.3 is 20.0 Å². The van der Waals surface area contributed by atoms with E-state index in [2.05, 4.69) is 20.6 Å². The summed E-state index contributed by atoms with van der Waals surface area (Å²) in [7, 11) is 1.95. The molecule has 11 nitrogen and oxygen atoms in total. The number of aldehydes is 1. The number of halogens is 2. The molecule has 3 amide bonds. The molecule has 0 aliphatic carbocycles. The Bertz CT molecular complexity index is 2700. The van der Waals surface area contributed by atoms with Crippen molar-refractivity contribution in [2.75, 3.05) is 30.8 Å². The largest absolute Gasteiger partial charge is 0.456 e. The Kier molecular flexibility index (Phi) is 11.5. The molecule has 5 heterocycles. The molecular weight excluding hydrogens is 787 g/mol. The van der Waals surface area contributed by atoms with Crippen LogP contribution in [0.1, 0.15) is 40.2 Å². The monoisotopic (exact) mass is 824 g/mol. The summed E-state index contributed by atoms with van der Waals surface area (Å²) < 4.78 is 6.14. The summed E-state index contributed by atoms with van der Waals surface area (Å²) in [5.74, 6) is 0.855. The molecule has 296 valence electrons. The van der Waals surface area contributed by atoms with E-state index in [0.29, 0.717) is 52.7 Å². The maximum atomic E-state index is 13.6. The summed E-state index contributed by atoms with van der Waals surface area (Å²) in [6.45, 7) is 1.41. The summed E-state index contributed by atoms with van der Waals surface area (Å²) in [6, 6.07) is 36.6. The van der Waals surface area contributed by atoms with E-state index in [0.717, 1.165) is 52.4 Å². The molecular formula is C46H38Cl2N6O5. The minimum Gasteiger partial charge on any atom is -0.456 e. The predicted octanol–water partition coefficient (Wildman–Crippen LogP) is 9.40. The van der Waals surface area contributed by atoms with Gasteiger partial charge in [-0.25, -0.2) is 9.97 Å². The summed E-state index contributed by atoms with van der Waals surface area (Å²) in [5.41, 5.74) is 3.77. The number of anilines is 2. The second kappa shape index (κ2) is 17.2. The van der Waals surface area contributed by atoms with Crippen molar-refractivity contribution in [3.63, 3.8) is 0 Å². The number of amides is 3. The van der Waals surface area contributed by atoms with Gasteiger partial charge in [0, 0.05) is 46.4 Å². The van der Waals surface area contributed by atoms with Gasteiger partial charge in [0.1, 0.15) is 39.3 Å². The average molecular weight is 826 g/mol. The fraction of sp³-hybridized carbons (Fsp3) is 0.174. The molecule has 2 fully saturated rings. The van der Waals surface area contributed by atoms with Gasteiger partial charge in [-0.2, -0.15) is 0 Å². The van der Waals surface area contributed by atoms with Crippen LogP contribution in [0.25, 0.3) is 44.2 Å². The smallest absolute Gasteiger partial charge is 0.273 e. The zero-order chi connectivity index (χ0) is 41.0. The van der Waals surface area contributed by atoms with Crippen molar-refractivity contribution in [3.05, 3.63) is 143 Å². The number of carbonyl (C=O) groups excluding carboxylic acids is 4. The lowest BCUT2D eigenvalue weighted by atomic mass is 10.0. The third-order valence-electron chi connectivity index (χ3n) is 10.6. The number of nitrogens with one attached hydrogen (secondary N) is 2. The fourth-order valence-electron chi connectivity index (χ4n) is 7.41. The molecule has 2 aliphatic rings. The van der Waals surface area contributed by atoms with Crippen LogP contribution < -0.4 is 10.6 Å². The van der Waals surface area contributed by atoms with Gasteiger partial charge in [0.25, 0.3) is 5.91 Å². The van der Waals surface area contributed by atoms with Crippen LogP contribution in [0, 0.1) is 0 Å². The lowest BCUT2D eigenvalue weighted by Gasteiger charge is -2.36. The van der Waals surface area contributed by atoms with Crippen LogP contribution in [0.4, 0.5) is 11.4 Å². The number of hydrogen-bond acceptors (Lipinski definition) is 8. The summed E-state index contributed by atoms with van der Waals surface area (Å²) in [6.07, 6.45) is 2.88. The molecule has 0 saturated carbocycles. The van der Waals surface area contributed by atoms with Crippen LogP contribution in [-0.2, 0) is 9.59 Å². The standard InChI is InChI=1S/C36H32ClN5O4.C10H6ClNO/c1-41-20-18-28(41)34(43)38-25-12-8-22(9-13-25)30-16-17-31(46-30)23-10-14-26(15-11-23)39-35(44)29-7-4-19-42(29)36(45)33-27-6-3-2-5-24(27)21-32(37)40-33;11-10-5-7-3-1-2-4-8(7)9(6-13)12-10/h2-3,5-6,8-17,21,28-29H,4,7,18-20H2,1H3,(H,38,43)(H,39,44);1-6H/t28?,29-;/m0./s1. The first-order valence-electron chi connectivity index (χ1n) is 19.1. The van der Waals surface area contributed by atoms with Gasteiger partial charge in [0.2, 0.25) is 11.8 Å². The summed E-state index contributed by atoms with van der Waals surface area (Å²) >= 11 is 12.0. The molecule has 13 heteroatoms. The minimum atomic E-state index is -0.612. The Morgan fingerprint density at radius 1 is 0.678 bits per heavy atom. The van der Waals surface area contributed by atoms with E-state index in [4.69, 9.17) is 27.6 Å². The zero-order valence-corrected chi connectivity index (χ0v) is 33.4. The van der Waals surface area contributed by atoms with Gasteiger partial charge in [-0.05, 0) is 110 Å². The molecule has 9 rings (SSSR count).